The molecule has 1 saturated heterocycles. The normalized spacial score (nSPS) is 17.6. The maximum Gasteiger partial charge on any atom is 0.253 e. The number of nitriles is 1. The minimum Gasteiger partial charge on any atom is -0.336 e. The average Bonchev–Trinajstić information content (AvgIpc) is 2.53. The zero-order valence-electron chi connectivity index (χ0n) is 12.2. The van der Waals surface area contributed by atoms with E-state index in [0.29, 0.717) is 17.2 Å². The number of amides is 1. The molecule has 4 nitrogen and oxygen atoms in total. The largest absolute Gasteiger partial charge is 0.336 e. The van der Waals surface area contributed by atoms with Gasteiger partial charge in [0.05, 0.1) is 11.6 Å². The standard InChI is InChI=1S/C16H21N3O/c1-3-13(2)18-7-9-19(10-8-18)16(20)15-6-4-5-14(11-15)12-17/h4-6,11,13H,3,7-10H2,1-2H3. The van der Waals surface area contributed by atoms with Crippen LogP contribution in [-0.4, -0.2) is 47.9 Å². The number of rotatable bonds is 3. The van der Waals surface area contributed by atoms with Crippen LogP contribution >= 0.6 is 0 Å². The fraction of sp³-hybridized carbons (Fsp3) is 0.500. The third-order valence-electron chi connectivity index (χ3n) is 4.05. The molecule has 20 heavy (non-hydrogen) atoms. The van der Waals surface area contributed by atoms with E-state index in [0.717, 1.165) is 32.6 Å². The lowest BCUT2D eigenvalue weighted by atomic mass is 10.1. The number of hydrogen-bond donors (Lipinski definition) is 0. The van der Waals surface area contributed by atoms with Crippen LogP contribution in [0.4, 0.5) is 0 Å². The minimum atomic E-state index is 0.0332. The summed E-state index contributed by atoms with van der Waals surface area (Å²) in [6, 6.07) is 9.59. The molecule has 0 aliphatic carbocycles. The second kappa shape index (κ2) is 6.53. The maximum atomic E-state index is 12.4. The van der Waals surface area contributed by atoms with Crippen molar-refractivity contribution in [3.05, 3.63) is 35.4 Å². The van der Waals surface area contributed by atoms with Crippen molar-refractivity contribution in [1.82, 2.24) is 9.80 Å². The summed E-state index contributed by atoms with van der Waals surface area (Å²) in [5, 5.41) is 8.90. The van der Waals surface area contributed by atoms with E-state index in [9.17, 15) is 4.79 Å². The molecule has 1 atom stereocenters. The van der Waals surface area contributed by atoms with Gasteiger partial charge in [-0.3, -0.25) is 9.69 Å². The predicted molar refractivity (Wildman–Crippen MR) is 78.4 cm³/mol. The van der Waals surface area contributed by atoms with Gasteiger partial charge in [0.25, 0.3) is 5.91 Å². The first-order chi connectivity index (χ1) is 9.65. The number of carbonyl (C=O) groups excluding carboxylic acids is 1. The minimum absolute atomic E-state index is 0.0332. The molecule has 1 fully saturated rings. The smallest absolute Gasteiger partial charge is 0.253 e. The molecule has 1 amide bonds. The average molecular weight is 271 g/mol. The summed E-state index contributed by atoms with van der Waals surface area (Å²) >= 11 is 0. The first kappa shape index (κ1) is 14.5. The Labute approximate surface area is 120 Å². The summed E-state index contributed by atoms with van der Waals surface area (Å²) in [7, 11) is 0. The predicted octanol–water partition coefficient (Wildman–Crippen LogP) is 2.11. The van der Waals surface area contributed by atoms with E-state index in [2.05, 4.69) is 24.8 Å². The molecule has 0 spiro atoms. The quantitative estimate of drug-likeness (QED) is 0.846. The highest BCUT2D eigenvalue weighted by molar-refractivity contribution is 5.94. The summed E-state index contributed by atoms with van der Waals surface area (Å²) in [4.78, 5) is 16.7. The van der Waals surface area contributed by atoms with Crippen LogP contribution in [0.2, 0.25) is 0 Å². The van der Waals surface area contributed by atoms with E-state index in [-0.39, 0.29) is 5.91 Å². The van der Waals surface area contributed by atoms with E-state index in [1.54, 1.807) is 24.3 Å². The Morgan fingerprint density at radius 2 is 2.05 bits per heavy atom. The molecule has 1 aliphatic rings. The number of benzene rings is 1. The molecule has 1 heterocycles. The molecule has 0 radical (unpaired) electrons. The zero-order chi connectivity index (χ0) is 14.5. The Morgan fingerprint density at radius 3 is 2.65 bits per heavy atom. The first-order valence-electron chi connectivity index (χ1n) is 7.19. The lowest BCUT2D eigenvalue weighted by Gasteiger charge is -2.37. The molecule has 0 saturated carbocycles. The molecular formula is C16H21N3O. The Hall–Kier alpha value is -1.86. The number of nitrogens with zero attached hydrogens (tertiary/aromatic N) is 3. The van der Waals surface area contributed by atoms with Gasteiger partial charge in [0.15, 0.2) is 0 Å². The molecule has 1 aromatic carbocycles. The highest BCUT2D eigenvalue weighted by atomic mass is 16.2. The van der Waals surface area contributed by atoms with Crippen LogP contribution in [-0.2, 0) is 0 Å². The summed E-state index contributed by atoms with van der Waals surface area (Å²) in [6.45, 7) is 7.81. The van der Waals surface area contributed by atoms with Crippen LogP contribution in [0, 0.1) is 11.3 Å². The van der Waals surface area contributed by atoms with Gasteiger partial charge in [-0.1, -0.05) is 13.0 Å². The Morgan fingerprint density at radius 1 is 1.35 bits per heavy atom. The number of piperazine rings is 1. The van der Waals surface area contributed by atoms with Gasteiger partial charge >= 0.3 is 0 Å². The van der Waals surface area contributed by atoms with Gasteiger partial charge in [-0.2, -0.15) is 5.26 Å². The van der Waals surface area contributed by atoms with Crippen molar-refractivity contribution in [2.75, 3.05) is 26.2 Å². The van der Waals surface area contributed by atoms with Gasteiger partial charge in [0.2, 0.25) is 0 Å². The molecule has 1 aromatic rings. The molecule has 4 heteroatoms. The lowest BCUT2D eigenvalue weighted by Crippen LogP contribution is -2.51. The molecule has 0 N–H and O–H groups in total. The van der Waals surface area contributed by atoms with Crippen LogP contribution in [0.3, 0.4) is 0 Å². The number of carbonyl (C=O) groups is 1. The monoisotopic (exact) mass is 271 g/mol. The summed E-state index contributed by atoms with van der Waals surface area (Å²) in [6.07, 6.45) is 1.14. The summed E-state index contributed by atoms with van der Waals surface area (Å²) < 4.78 is 0. The first-order valence-corrected chi connectivity index (χ1v) is 7.19. The molecule has 0 bridgehead atoms. The van der Waals surface area contributed by atoms with Gasteiger partial charge in [-0.05, 0) is 31.5 Å². The van der Waals surface area contributed by atoms with Crippen molar-refractivity contribution in [1.29, 1.82) is 5.26 Å². The van der Waals surface area contributed by atoms with Crippen molar-refractivity contribution in [3.63, 3.8) is 0 Å². The SMILES string of the molecule is CCC(C)N1CCN(C(=O)c2cccc(C#N)c2)CC1. The van der Waals surface area contributed by atoms with Crippen LogP contribution in [0.15, 0.2) is 24.3 Å². The van der Waals surface area contributed by atoms with Crippen LogP contribution < -0.4 is 0 Å². The molecule has 2 rings (SSSR count). The van der Waals surface area contributed by atoms with E-state index in [4.69, 9.17) is 5.26 Å². The molecule has 106 valence electrons. The third kappa shape index (κ3) is 3.17. The highest BCUT2D eigenvalue weighted by Crippen LogP contribution is 2.13. The van der Waals surface area contributed by atoms with Crippen molar-refractivity contribution in [2.45, 2.75) is 26.3 Å². The van der Waals surface area contributed by atoms with Gasteiger partial charge in [0.1, 0.15) is 0 Å². The van der Waals surface area contributed by atoms with E-state index >= 15 is 0 Å². The zero-order valence-corrected chi connectivity index (χ0v) is 12.2. The van der Waals surface area contributed by atoms with Gasteiger partial charge in [0, 0.05) is 37.8 Å². The Balaban J connectivity index is 2.00. The highest BCUT2D eigenvalue weighted by Gasteiger charge is 2.24. The Kier molecular flexibility index (Phi) is 4.75. The second-order valence-electron chi connectivity index (χ2n) is 5.28. The summed E-state index contributed by atoms with van der Waals surface area (Å²) in [5.74, 6) is 0.0332. The molecule has 1 unspecified atom stereocenters. The maximum absolute atomic E-state index is 12.4. The van der Waals surface area contributed by atoms with Crippen LogP contribution in [0.5, 0.6) is 0 Å². The van der Waals surface area contributed by atoms with Gasteiger partial charge in [-0.15, -0.1) is 0 Å². The lowest BCUT2D eigenvalue weighted by molar-refractivity contribution is 0.0579. The van der Waals surface area contributed by atoms with Gasteiger partial charge < -0.3 is 4.90 Å². The topological polar surface area (TPSA) is 47.3 Å². The second-order valence-corrected chi connectivity index (χ2v) is 5.28. The Bertz CT molecular complexity index is 513. The van der Waals surface area contributed by atoms with Crippen LogP contribution in [0.1, 0.15) is 36.2 Å². The fourth-order valence-corrected chi connectivity index (χ4v) is 2.53. The van der Waals surface area contributed by atoms with E-state index in [1.165, 1.54) is 0 Å². The van der Waals surface area contributed by atoms with Gasteiger partial charge in [-0.25, -0.2) is 0 Å². The molecule has 1 aliphatic heterocycles. The van der Waals surface area contributed by atoms with E-state index in [1.807, 2.05) is 4.90 Å². The van der Waals surface area contributed by atoms with Crippen molar-refractivity contribution < 1.29 is 4.79 Å². The number of hydrogen-bond acceptors (Lipinski definition) is 3. The van der Waals surface area contributed by atoms with Crippen molar-refractivity contribution >= 4 is 5.91 Å². The van der Waals surface area contributed by atoms with Crippen LogP contribution in [0.25, 0.3) is 0 Å². The summed E-state index contributed by atoms with van der Waals surface area (Å²) in [5.41, 5.74) is 1.15. The fourth-order valence-electron chi connectivity index (χ4n) is 2.53. The van der Waals surface area contributed by atoms with Crippen molar-refractivity contribution in [3.8, 4) is 6.07 Å². The van der Waals surface area contributed by atoms with Crippen molar-refractivity contribution in [2.24, 2.45) is 0 Å². The molecule has 0 aromatic heterocycles. The third-order valence-corrected chi connectivity index (χ3v) is 4.05. The van der Waals surface area contributed by atoms with E-state index < -0.39 is 0 Å². The molecular weight excluding hydrogens is 250 g/mol.